The molecule has 1 atom stereocenters. The number of carboxylic acid groups (broad SMARTS) is 1. The number of carboxylic acids is 1. The van der Waals surface area contributed by atoms with E-state index < -0.39 is 12.0 Å². The Bertz CT molecular complexity index is 688. The summed E-state index contributed by atoms with van der Waals surface area (Å²) in [5.74, 6) is -1.17. The Morgan fingerprint density at radius 1 is 1.24 bits per heavy atom. The summed E-state index contributed by atoms with van der Waals surface area (Å²) < 4.78 is 0. The summed E-state index contributed by atoms with van der Waals surface area (Å²) in [4.78, 5) is 23.3. The number of anilines is 1. The Hall–Kier alpha value is -2.05. The lowest BCUT2D eigenvalue weighted by atomic mass is 9.99. The molecule has 0 radical (unpaired) electrons. The summed E-state index contributed by atoms with van der Waals surface area (Å²) in [5.41, 5.74) is 6.71. The number of nitrogens with two attached hydrogens (primary N) is 1. The highest BCUT2D eigenvalue weighted by atomic mass is 32.1. The number of aliphatic carboxylic acids is 1. The molecule has 0 bridgehead atoms. The van der Waals surface area contributed by atoms with Crippen LogP contribution in [0.3, 0.4) is 0 Å². The van der Waals surface area contributed by atoms with E-state index in [1.165, 1.54) is 0 Å². The van der Waals surface area contributed by atoms with Crippen molar-refractivity contribution in [2.75, 3.05) is 18.0 Å². The molecular weight excluding hydrogens is 288 g/mol. The van der Waals surface area contributed by atoms with Gasteiger partial charge in [-0.2, -0.15) is 12.6 Å². The minimum absolute atomic E-state index is 0.101. The van der Waals surface area contributed by atoms with Gasteiger partial charge in [0.15, 0.2) is 5.78 Å². The zero-order valence-corrected chi connectivity index (χ0v) is 12.1. The molecule has 0 aliphatic heterocycles. The molecule has 0 spiro atoms. The SMILES string of the molecule is Nc1ccc2ccccc2c1C(=O)CNC(CS)C(=O)O. The number of Topliss-reactive ketones (excluding diaryl/α,β-unsaturated/α-hetero) is 1. The number of fused-ring (bicyclic) bond motifs is 1. The Kier molecular flexibility index (Phi) is 4.82. The predicted molar refractivity (Wildman–Crippen MR) is 86.0 cm³/mol. The molecule has 6 heteroatoms. The monoisotopic (exact) mass is 304 g/mol. The quantitative estimate of drug-likeness (QED) is 0.369. The van der Waals surface area contributed by atoms with Gasteiger partial charge in [0.25, 0.3) is 0 Å². The van der Waals surface area contributed by atoms with Crippen LogP contribution in [0, 0.1) is 0 Å². The predicted octanol–water partition coefficient (Wildman–Crippen LogP) is 1.58. The second-order valence-electron chi connectivity index (χ2n) is 4.63. The molecule has 2 rings (SSSR count). The zero-order valence-electron chi connectivity index (χ0n) is 11.2. The van der Waals surface area contributed by atoms with E-state index in [1.54, 1.807) is 6.07 Å². The van der Waals surface area contributed by atoms with Crippen LogP contribution in [0.1, 0.15) is 10.4 Å². The third-order valence-electron chi connectivity index (χ3n) is 3.23. The zero-order chi connectivity index (χ0) is 15.4. The van der Waals surface area contributed by atoms with Crippen molar-refractivity contribution in [2.24, 2.45) is 0 Å². The van der Waals surface area contributed by atoms with Gasteiger partial charge < -0.3 is 10.8 Å². The smallest absolute Gasteiger partial charge is 0.321 e. The Labute approximate surface area is 127 Å². The summed E-state index contributed by atoms with van der Waals surface area (Å²) in [6.07, 6.45) is 0. The molecule has 4 N–H and O–H groups in total. The molecule has 1 unspecified atom stereocenters. The number of nitrogen functional groups attached to an aromatic ring is 1. The van der Waals surface area contributed by atoms with Crippen molar-refractivity contribution < 1.29 is 14.7 Å². The van der Waals surface area contributed by atoms with Gasteiger partial charge in [-0.1, -0.05) is 30.3 Å². The summed E-state index contributed by atoms with van der Waals surface area (Å²) in [6.45, 7) is -0.101. The molecule has 2 aromatic carbocycles. The van der Waals surface area contributed by atoms with Crippen LogP contribution in [0.4, 0.5) is 5.69 Å². The summed E-state index contributed by atoms with van der Waals surface area (Å²) >= 11 is 3.94. The standard InChI is InChI=1S/C15H16N2O3S/c16-11-6-5-9-3-1-2-4-10(9)14(11)13(18)7-17-12(8-21)15(19)20/h1-6,12,17,21H,7-8,16H2,(H,19,20). The van der Waals surface area contributed by atoms with Gasteiger partial charge in [-0.05, 0) is 16.8 Å². The lowest BCUT2D eigenvalue weighted by Gasteiger charge is -2.13. The number of hydrogen-bond acceptors (Lipinski definition) is 5. The highest BCUT2D eigenvalue weighted by molar-refractivity contribution is 7.80. The Balaban J connectivity index is 2.27. The van der Waals surface area contributed by atoms with E-state index >= 15 is 0 Å². The molecule has 0 aliphatic rings. The highest BCUT2D eigenvalue weighted by Crippen LogP contribution is 2.24. The van der Waals surface area contributed by atoms with E-state index in [4.69, 9.17) is 10.8 Å². The minimum atomic E-state index is -1.04. The fraction of sp³-hybridized carbons (Fsp3) is 0.200. The van der Waals surface area contributed by atoms with E-state index in [9.17, 15) is 9.59 Å². The fourth-order valence-electron chi connectivity index (χ4n) is 2.13. The van der Waals surface area contributed by atoms with Crippen LogP contribution >= 0.6 is 12.6 Å². The number of carbonyl (C=O) groups excluding carboxylic acids is 1. The van der Waals surface area contributed by atoms with Gasteiger partial charge >= 0.3 is 5.97 Å². The molecule has 0 saturated heterocycles. The molecule has 0 heterocycles. The first kappa shape index (κ1) is 15.3. The first-order valence-electron chi connectivity index (χ1n) is 6.42. The van der Waals surface area contributed by atoms with Crippen LogP contribution in [0.5, 0.6) is 0 Å². The average Bonchev–Trinajstić information content (AvgIpc) is 2.47. The van der Waals surface area contributed by atoms with Crippen molar-refractivity contribution >= 4 is 40.8 Å². The summed E-state index contributed by atoms with van der Waals surface area (Å²) in [6, 6.07) is 10.1. The van der Waals surface area contributed by atoms with Crippen LogP contribution < -0.4 is 11.1 Å². The molecule has 0 amide bonds. The Morgan fingerprint density at radius 2 is 1.95 bits per heavy atom. The number of carbonyl (C=O) groups is 2. The maximum absolute atomic E-state index is 12.4. The molecule has 2 aromatic rings. The third-order valence-corrected chi connectivity index (χ3v) is 3.59. The van der Waals surface area contributed by atoms with Crippen LogP contribution in [0.25, 0.3) is 10.8 Å². The van der Waals surface area contributed by atoms with E-state index in [0.717, 1.165) is 10.8 Å². The van der Waals surface area contributed by atoms with E-state index in [1.807, 2.05) is 30.3 Å². The van der Waals surface area contributed by atoms with E-state index in [-0.39, 0.29) is 18.1 Å². The van der Waals surface area contributed by atoms with Crippen molar-refractivity contribution in [3.63, 3.8) is 0 Å². The number of rotatable bonds is 6. The van der Waals surface area contributed by atoms with Crippen molar-refractivity contribution in [2.45, 2.75) is 6.04 Å². The molecule has 110 valence electrons. The molecule has 0 fully saturated rings. The lowest BCUT2D eigenvalue weighted by Crippen LogP contribution is -2.41. The van der Waals surface area contributed by atoms with Crippen molar-refractivity contribution in [1.82, 2.24) is 5.32 Å². The van der Waals surface area contributed by atoms with Gasteiger partial charge in [0, 0.05) is 17.0 Å². The van der Waals surface area contributed by atoms with Gasteiger partial charge in [0.1, 0.15) is 6.04 Å². The first-order valence-corrected chi connectivity index (χ1v) is 7.05. The number of thiol groups is 1. The van der Waals surface area contributed by atoms with Crippen molar-refractivity contribution in [1.29, 1.82) is 0 Å². The summed E-state index contributed by atoms with van der Waals surface area (Å²) in [5, 5.41) is 13.3. The van der Waals surface area contributed by atoms with Gasteiger partial charge in [-0.15, -0.1) is 0 Å². The minimum Gasteiger partial charge on any atom is -0.480 e. The first-order chi connectivity index (χ1) is 10.0. The second kappa shape index (κ2) is 6.60. The van der Waals surface area contributed by atoms with Gasteiger partial charge in [0.2, 0.25) is 0 Å². The summed E-state index contributed by atoms with van der Waals surface area (Å²) in [7, 11) is 0. The molecule has 0 aliphatic carbocycles. The average molecular weight is 304 g/mol. The molecule has 0 aromatic heterocycles. The maximum Gasteiger partial charge on any atom is 0.321 e. The number of hydrogen-bond donors (Lipinski definition) is 4. The Morgan fingerprint density at radius 3 is 2.62 bits per heavy atom. The van der Waals surface area contributed by atoms with Crippen LogP contribution in [-0.4, -0.2) is 35.2 Å². The lowest BCUT2D eigenvalue weighted by molar-refractivity contribution is -0.138. The van der Waals surface area contributed by atoms with Crippen LogP contribution in [0.15, 0.2) is 36.4 Å². The maximum atomic E-state index is 12.4. The molecule has 0 saturated carbocycles. The van der Waals surface area contributed by atoms with E-state index in [0.29, 0.717) is 11.3 Å². The van der Waals surface area contributed by atoms with Crippen LogP contribution in [-0.2, 0) is 4.79 Å². The van der Waals surface area contributed by atoms with E-state index in [2.05, 4.69) is 17.9 Å². The number of benzene rings is 2. The third kappa shape index (κ3) is 3.34. The van der Waals surface area contributed by atoms with Gasteiger partial charge in [-0.3, -0.25) is 14.9 Å². The molecule has 21 heavy (non-hydrogen) atoms. The van der Waals surface area contributed by atoms with Crippen molar-refractivity contribution in [3.05, 3.63) is 42.0 Å². The molecular formula is C15H16N2O3S. The number of ketones is 1. The van der Waals surface area contributed by atoms with Gasteiger partial charge in [0.05, 0.1) is 6.54 Å². The normalized spacial score (nSPS) is 12.2. The van der Waals surface area contributed by atoms with Gasteiger partial charge in [-0.25, -0.2) is 0 Å². The number of nitrogens with one attached hydrogen (secondary N) is 1. The largest absolute Gasteiger partial charge is 0.480 e. The molecule has 5 nitrogen and oxygen atoms in total. The van der Waals surface area contributed by atoms with Crippen LogP contribution in [0.2, 0.25) is 0 Å². The topological polar surface area (TPSA) is 92.4 Å². The fourth-order valence-corrected chi connectivity index (χ4v) is 2.42. The second-order valence-corrected chi connectivity index (χ2v) is 4.99. The van der Waals surface area contributed by atoms with Crippen molar-refractivity contribution in [3.8, 4) is 0 Å². The highest BCUT2D eigenvalue weighted by Gasteiger charge is 2.19.